The van der Waals surface area contributed by atoms with Crippen LogP contribution in [0.3, 0.4) is 0 Å². The van der Waals surface area contributed by atoms with Gasteiger partial charge in [-0.25, -0.2) is 4.98 Å². The van der Waals surface area contributed by atoms with Crippen molar-refractivity contribution in [1.82, 2.24) is 4.98 Å². The smallest absolute Gasteiger partial charge is 0.219 e. The minimum atomic E-state index is -0.0210. The molecule has 0 aliphatic rings. The van der Waals surface area contributed by atoms with Crippen LogP contribution in [0.2, 0.25) is 0 Å². The zero-order valence-corrected chi connectivity index (χ0v) is 11.6. The summed E-state index contributed by atoms with van der Waals surface area (Å²) in [5, 5.41) is 0. The van der Waals surface area contributed by atoms with Crippen molar-refractivity contribution in [3.05, 3.63) is 53.7 Å². The molecule has 0 radical (unpaired) electrons. The van der Waals surface area contributed by atoms with E-state index < -0.39 is 0 Å². The van der Waals surface area contributed by atoms with Gasteiger partial charge in [-0.1, -0.05) is 26.0 Å². The van der Waals surface area contributed by atoms with Crippen LogP contribution in [0.15, 0.2) is 42.6 Å². The van der Waals surface area contributed by atoms with E-state index in [2.05, 4.69) is 24.9 Å². The van der Waals surface area contributed by atoms with Crippen molar-refractivity contribution in [2.45, 2.75) is 32.7 Å². The van der Waals surface area contributed by atoms with Gasteiger partial charge in [-0.05, 0) is 42.2 Å². The van der Waals surface area contributed by atoms with Gasteiger partial charge in [0, 0.05) is 18.3 Å². The molecule has 2 rings (SSSR count). The molecule has 0 bridgehead atoms. The zero-order valence-electron chi connectivity index (χ0n) is 11.6. The molecule has 0 saturated heterocycles. The monoisotopic (exact) mass is 256 g/mol. The van der Waals surface area contributed by atoms with Crippen molar-refractivity contribution < 1.29 is 4.74 Å². The quantitative estimate of drug-likeness (QED) is 0.898. The maximum atomic E-state index is 5.86. The van der Waals surface area contributed by atoms with Gasteiger partial charge in [0.15, 0.2) is 0 Å². The molecule has 100 valence electrons. The summed E-state index contributed by atoms with van der Waals surface area (Å²) in [6.45, 7) is 6.26. The van der Waals surface area contributed by atoms with Crippen molar-refractivity contribution in [2.24, 2.45) is 5.73 Å². The van der Waals surface area contributed by atoms with Crippen LogP contribution in [0.4, 0.5) is 0 Å². The Morgan fingerprint density at radius 2 is 1.84 bits per heavy atom. The highest BCUT2D eigenvalue weighted by Crippen LogP contribution is 2.25. The van der Waals surface area contributed by atoms with Gasteiger partial charge in [-0.2, -0.15) is 0 Å². The summed E-state index contributed by atoms with van der Waals surface area (Å²) in [6, 6.07) is 11.8. The van der Waals surface area contributed by atoms with Gasteiger partial charge in [-0.15, -0.1) is 0 Å². The number of nitrogens with two attached hydrogens (primary N) is 1. The molecule has 1 atom stereocenters. The Labute approximate surface area is 114 Å². The Hall–Kier alpha value is -1.87. The lowest BCUT2D eigenvalue weighted by molar-refractivity contribution is 0.460. The largest absolute Gasteiger partial charge is 0.439 e. The van der Waals surface area contributed by atoms with E-state index in [9.17, 15) is 0 Å². The molecule has 0 aliphatic heterocycles. The van der Waals surface area contributed by atoms with Crippen LogP contribution in [0.5, 0.6) is 11.6 Å². The second-order valence-electron chi connectivity index (χ2n) is 5.05. The van der Waals surface area contributed by atoms with E-state index in [4.69, 9.17) is 10.5 Å². The second-order valence-corrected chi connectivity index (χ2v) is 5.05. The number of ether oxygens (including phenoxy) is 1. The average molecular weight is 256 g/mol. The van der Waals surface area contributed by atoms with E-state index >= 15 is 0 Å². The van der Waals surface area contributed by atoms with E-state index in [1.165, 1.54) is 5.56 Å². The number of hydrogen-bond donors (Lipinski definition) is 1. The molecule has 0 spiro atoms. The predicted molar refractivity (Wildman–Crippen MR) is 77.4 cm³/mol. The zero-order chi connectivity index (χ0) is 13.8. The van der Waals surface area contributed by atoms with Crippen LogP contribution >= 0.6 is 0 Å². The molecule has 2 N–H and O–H groups in total. The summed E-state index contributed by atoms with van der Waals surface area (Å²) in [5.74, 6) is 1.86. The molecule has 2 aromatic rings. The van der Waals surface area contributed by atoms with Crippen molar-refractivity contribution in [2.75, 3.05) is 0 Å². The number of pyridine rings is 1. The van der Waals surface area contributed by atoms with E-state index in [0.29, 0.717) is 11.8 Å². The van der Waals surface area contributed by atoms with Crippen molar-refractivity contribution in [3.63, 3.8) is 0 Å². The third-order valence-corrected chi connectivity index (χ3v) is 3.03. The number of nitrogens with zero attached hydrogens (tertiary/aromatic N) is 1. The highest BCUT2D eigenvalue weighted by atomic mass is 16.5. The van der Waals surface area contributed by atoms with Crippen LogP contribution in [0.25, 0.3) is 0 Å². The Morgan fingerprint density at radius 3 is 2.53 bits per heavy atom. The Balaban J connectivity index is 2.21. The lowest BCUT2D eigenvalue weighted by atomic mass is 10.0. The fraction of sp³-hybridized carbons (Fsp3) is 0.312. The maximum Gasteiger partial charge on any atom is 0.219 e. The van der Waals surface area contributed by atoms with E-state index in [-0.39, 0.29) is 6.04 Å². The number of benzene rings is 1. The standard InChI is InChI=1S/C16H20N2O/c1-11(2)13-5-4-6-15(9-13)19-16-10-14(12(3)17)7-8-18-16/h4-12H,17H2,1-3H3. The molecule has 1 heterocycles. The van der Waals surface area contributed by atoms with Gasteiger partial charge >= 0.3 is 0 Å². The van der Waals surface area contributed by atoms with Gasteiger partial charge in [0.05, 0.1) is 0 Å². The third kappa shape index (κ3) is 3.55. The summed E-state index contributed by atoms with van der Waals surface area (Å²) >= 11 is 0. The summed E-state index contributed by atoms with van der Waals surface area (Å²) in [7, 11) is 0. The normalized spacial score (nSPS) is 12.5. The summed E-state index contributed by atoms with van der Waals surface area (Å²) < 4.78 is 5.79. The van der Waals surface area contributed by atoms with Crippen molar-refractivity contribution in [3.8, 4) is 11.6 Å². The summed E-state index contributed by atoms with van der Waals surface area (Å²) in [6.07, 6.45) is 1.72. The van der Waals surface area contributed by atoms with Gasteiger partial charge < -0.3 is 10.5 Å². The number of aromatic nitrogens is 1. The van der Waals surface area contributed by atoms with Crippen LogP contribution in [0, 0.1) is 0 Å². The minimum absolute atomic E-state index is 0.0210. The summed E-state index contributed by atoms with van der Waals surface area (Å²) in [4.78, 5) is 4.21. The van der Waals surface area contributed by atoms with Gasteiger partial charge in [-0.3, -0.25) is 0 Å². The molecule has 3 nitrogen and oxygen atoms in total. The molecular formula is C16H20N2O. The molecule has 19 heavy (non-hydrogen) atoms. The first-order chi connectivity index (χ1) is 9.06. The molecule has 0 aliphatic carbocycles. The molecule has 3 heteroatoms. The highest BCUT2D eigenvalue weighted by molar-refractivity contribution is 5.34. The maximum absolute atomic E-state index is 5.86. The van der Waals surface area contributed by atoms with Crippen LogP contribution in [-0.2, 0) is 0 Å². The highest BCUT2D eigenvalue weighted by Gasteiger charge is 2.05. The van der Waals surface area contributed by atoms with E-state index in [0.717, 1.165) is 11.3 Å². The first kappa shape index (κ1) is 13.6. The van der Waals surface area contributed by atoms with Gasteiger partial charge in [0.25, 0.3) is 0 Å². The average Bonchev–Trinajstić information content (AvgIpc) is 2.39. The van der Waals surface area contributed by atoms with Crippen LogP contribution in [-0.4, -0.2) is 4.98 Å². The Bertz CT molecular complexity index is 500. The van der Waals surface area contributed by atoms with Gasteiger partial charge in [0.1, 0.15) is 5.75 Å². The molecule has 0 amide bonds. The second kappa shape index (κ2) is 5.85. The predicted octanol–water partition coefficient (Wildman–Crippen LogP) is 4.02. The fourth-order valence-corrected chi connectivity index (χ4v) is 1.82. The molecule has 0 fully saturated rings. The molecular weight excluding hydrogens is 236 g/mol. The molecule has 1 aromatic carbocycles. The first-order valence-electron chi connectivity index (χ1n) is 6.55. The number of rotatable bonds is 4. The topological polar surface area (TPSA) is 48.1 Å². The molecule has 1 aromatic heterocycles. The van der Waals surface area contributed by atoms with Crippen LogP contribution < -0.4 is 10.5 Å². The molecule has 1 unspecified atom stereocenters. The summed E-state index contributed by atoms with van der Waals surface area (Å²) in [5.41, 5.74) is 8.13. The third-order valence-electron chi connectivity index (χ3n) is 3.03. The van der Waals surface area contributed by atoms with E-state index in [1.807, 2.05) is 37.3 Å². The first-order valence-corrected chi connectivity index (χ1v) is 6.55. The Kier molecular flexibility index (Phi) is 4.17. The van der Waals surface area contributed by atoms with Crippen molar-refractivity contribution in [1.29, 1.82) is 0 Å². The minimum Gasteiger partial charge on any atom is -0.439 e. The van der Waals surface area contributed by atoms with Crippen LogP contribution in [0.1, 0.15) is 43.9 Å². The number of hydrogen-bond acceptors (Lipinski definition) is 3. The van der Waals surface area contributed by atoms with Gasteiger partial charge in [0.2, 0.25) is 5.88 Å². The van der Waals surface area contributed by atoms with E-state index in [1.54, 1.807) is 6.20 Å². The fourth-order valence-electron chi connectivity index (χ4n) is 1.82. The molecule has 0 saturated carbocycles. The van der Waals surface area contributed by atoms with Crippen molar-refractivity contribution >= 4 is 0 Å². The Morgan fingerprint density at radius 1 is 1.05 bits per heavy atom. The lowest BCUT2D eigenvalue weighted by Crippen LogP contribution is -2.05. The lowest BCUT2D eigenvalue weighted by Gasteiger charge is -2.10. The SMILES string of the molecule is CC(C)c1cccc(Oc2cc(C(C)N)ccn2)c1.